The van der Waals surface area contributed by atoms with Crippen molar-refractivity contribution in [3.05, 3.63) is 160 Å². The standard InChI is InChI=1S/C55H61N3O10S/c1-4-31-65-55-51(57(54(61)64-5-2)35-40-16-12-15-38-13-6-7-17-45(38)40)34-49(56-66-36-37-19-21-41(22-20-37)58(62)63)47-32-39(14-8-10-29-59)46(18-9-11-30-60)52(53(47)55)48-33-43(25-28-50(48)68-55)67-42-23-26-44(69-3)27-24-42/h4,6-7,12-13,15-17,19-28,32-33,39,46,51-53,59-60H,1,5,8-11,14,18,29-31,34-36H2,2-3H3/t39-,46+,51-,52+,53+,55+/m0/s1. The van der Waals surface area contributed by atoms with Crippen LogP contribution < -0.4 is 9.47 Å². The van der Waals surface area contributed by atoms with Crippen molar-refractivity contribution in [2.24, 2.45) is 22.9 Å². The summed E-state index contributed by atoms with van der Waals surface area (Å²) in [5.74, 6) is -0.462. The van der Waals surface area contributed by atoms with Gasteiger partial charge in [0.1, 0.15) is 29.9 Å². The average Bonchev–Trinajstić information content (AvgIpc) is 3.37. The van der Waals surface area contributed by atoms with Crippen LogP contribution in [0.1, 0.15) is 74.5 Å². The molecule has 5 aromatic rings. The van der Waals surface area contributed by atoms with E-state index in [0.717, 1.165) is 58.1 Å². The summed E-state index contributed by atoms with van der Waals surface area (Å²) in [7, 11) is 0. The number of nitro groups is 1. The number of hydrogen-bond acceptors (Lipinski definition) is 12. The van der Waals surface area contributed by atoms with Crippen molar-refractivity contribution in [2.45, 2.75) is 87.7 Å². The number of carbonyl (C=O) groups excluding carboxylic acids is 1. The number of hydrogen-bond donors (Lipinski definition) is 2. The summed E-state index contributed by atoms with van der Waals surface area (Å²) in [6.45, 7) is 6.40. The van der Waals surface area contributed by atoms with E-state index in [-0.39, 0.29) is 69.4 Å². The van der Waals surface area contributed by atoms with E-state index in [0.29, 0.717) is 41.4 Å². The molecule has 2 N–H and O–H groups in total. The summed E-state index contributed by atoms with van der Waals surface area (Å²) in [6.07, 6.45) is 9.97. The molecule has 1 amide bonds. The summed E-state index contributed by atoms with van der Waals surface area (Å²) >= 11 is 1.66. The topological polar surface area (TPSA) is 162 Å². The maximum absolute atomic E-state index is 14.8. The Morgan fingerprint density at radius 1 is 0.957 bits per heavy atom. The van der Waals surface area contributed by atoms with Crippen LogP contribution in [0, 0.1) is 27.9 Å². The van der Waals surface area contributed by atoms with Gasteiger partial charge in [-0.05, 0) is 133 Å². The molecule has 14 heteroatoms. The maximum atomic E-state index is 14.8. The van der Waals surface area contributed by atoms with Crippen LogP contribution in [0.5, 0.6) is 17.2 Å². The summed E-state index contributed by atoms with van der Waals surface area (Å²) in [4.78, 5) is 34.9. The largest absolute Gasteiger partial charge is 0.459 e. The van der Waals surface area contributed by atoms with E-state index >= 15 is 0 Å². The van der Waals surface area contributed by atoms with E-state index in [1.54, 1.807) is 41.8 Å². The fourth-order valence-electron chi connectivity index (χ4n) is 10.5. The Balaban J connectivity index is 1.34. The van der Waals surface area contributed by atoms with Gasteiger partial charge in [0.15, 0.2) is 0 Å². The molecule has 1 heterocycles. The second kappa shape index (κ2) is 22.9. The molecular formula is C55H61N3O10S. The zero-order chi connectivity index (χ0) is 48.3. The van der Waals surface area contributed by atoms with Crippen molar-refractivity contribution in [3.63, 3.8) is 0 Å². The Labute approximate surface area is 407 Å². The summed E-state index contributed by atoms with van der Waals surface area (Å²) in [5, 5.41) is 38.5. The van der Waals surface area contributed by atoms with Gasteiger partial charge >= 0.3 is 6.09 Å². The molecule has 0 bridgehead atoms. The smallest absolute Gasteiger partial charge is 0.410 e. The minimum atomic E-state index is -1.52. The highest BCUT2D eigenvalue weighted by Crippen LogP contribution is 2.62. The quantitative estimate of drug-likeness (QED) is 0.0223. The number of oxime groups is 1. The Hall–Kier alpha value is -6.19. The number of aliphatic hydroxyl groups is 2. The van der Waals surface area contributed by atoms with Crippen LogP contribution in [-0.4, -0.2) is 76.4 Å². The molecule has 13 nitrogen and oxygen atoms in total. The Kier molecular flexibility index (Phi) is 16.4. The molecule has 8 rings (SSSR count). The van der Waals surface area contributed by atoms with Crippen LogP contribution in [0.3, 0.4) is 0 Å². The lowest BCUT2D eigenvalue weighted by Gasteiger charge is -2.59. The number of thioether (sulfide) groups is 1. The number of carbonyl (C=O) groups is 1. The second-order valence-corrected chi connectivity index (χ2v) is 18.6. The van der Waals surface area contributed by atoms with Crippen LogP contribution in [0.2, 0.25) is 0 Å². The van der Waals surface area contributed by atoms with Gasteiger partial charge in [-0.1, -0.05) is 72.6 Å². The molecule has 2 aliphatic carbocycles. The minimum Gasteiger partial charge on any atom is -0.459 e. The first-order chi connectivity index (χ1) is 33.7. The predicted octanol–water partition coefficient (Wildman–Crippen LogP) is 11.8. The molecule has 3 aliphatic rings. The fraction of sp³-hybridized carbons (Fsp3) is 0.382. The lowest BCUT2D eigenvalue weighted by molar-refractivity contribution is -0.384. The molecule has 0 saturated heterocycles. The normalized spacial score (nSPS) is 21.9. The molecule has 362 valence electrons. The predicted molar refractivity (Wildman–Crippen MR) is 268 cm³/mol. The Morgan fingerprint density at radius 2 is 1.70 bits per heavy atom. The number of nitro benzene ring substituents is 1. The van der Waals surface area contributed by atoms with Crippen molar-refractivity contribution < 1.29 is 43.7 Å². The van der Waals surface area contributed by atoms with E-state index in [1.807, 2.05) is 85.1 Å². The molecule has 1 aliphatic heterocycles. The van der Waals surface area contributed by atoms with Crippen molar-refractivity contribution in [3.8, 4) is 17.2 Å². The number of rotatable bonds is 22. The summed E-state index contributed by atoms with van der Waals surface area (Å²) < 4.78 is 27.2. The number of non-ortho nitro benzene ring substituents is 1. The highest BCUT2D eigenvalue weighted by Gasteiger charge is 2.65. The number of allylic oxidation sites excluding steroid dienone is 1. The second-order valence-electron chi connectivity index (χ2n) is 17.7. The van der Waals surface area contributed by atoms with E-state index in [2.05, 4.69) is 18.7 Å². The van der Waals surface area contributed by atoms with Crippen LogP contribution in [0.15, 0.2) is 144 Å². The van der Waals surface area contributed by atoms with Crippen LogP contribution in [-0.2, 0) is 27.5 Å². The SMILES string of the molecule is C=CCO[C@@]12Oc3ccc(Oc4ccc(SC)cc4)cc3[C@H]3[C@H](CCCCO)[C@@H](CCCCO)C=C(C(=NOCc4ccc([N+](=O)[O-])cc4)C[C@@H]1N(Cc1cccc4ccccc14)C(=O)OCC)[C@H]32. The van der Waals surface area contributed by atoms with Crippen molar-refractivity contribution in [2.75, 3.05) is 32.7 Å². The molecule has 1 fully saturated rings. The number of nitrogens with zero attached hydrogens (tertiary/aromatic N) is 3. The average molecular weight is 956 g/mol. The van der Waals surface area contributed by atoms with E-state index in [4.69, 9.17) is 28.9 Å². The van der Waals surface area contributed by atoms with Gasteiger partial charge in [0.05, 0.1) is 36.3 Å². The van der Waals surface area contributed by atoms with E-state index < -0.39 is 28.8 Å². The van der Waals surface area contributed by atoms with Crippen LogP contribution in [0.25, 0.3) is 10.8 Å². The zero-order valence-electron chi connectivity index (χ0n) is 39.2. The summed E-state index contributed by atoms with van der Waals surface area (Å²) in [5.41, 5.74) is 3.97. The fourth-order valence-corrected chi connectivity index (χ4v) is 10.9. The molecule has 0 spiro atoms. The van der Waals surface area contributed by atoms with Gasteiger partial charge in [-0.25, -0.2) is 4.79 Å². The van der Waals surface area contributed by atoms with Gasteiger partial charge in [-0.3, -0.25) is 15.0 Å². The first-order valence-electron chi connectivity index (χ1n) is 23.9. The van der Waals surface area contributed by atoms with Crippen molar-refractivity contribution >= 4 is 40.0 Å². The number of benzene rings is 5. The van der Waals surface area contributed by atoms with Crippen molar-refractivity contribution in [1.82, 2.24) is 4.90 Å². The van der Waals surface area contributed by atoms with Gasteiger partial charge in [0.25, 0.3) is 5.69 Å². The highest BCUT2D eigenvalue weighted by molar-refractivity contribution is 7.98. The third-order valence-electron chi connectivity index (χ3n) is 13.6. The van der Waals surface area contributed by atoms with E-state index in [1.165, 1.54) is 12.1 Å². The number of fused-ring (bicyclic) bond motifs is 3. The van der Waals surface area contributed by atoms with Gasteiger partial charge < -0.3 is 34.0 Å². The monoisotopic (exact) mass is 955 g/mol. The molecule has 5 aromatic carbocycles. The lowest BCUT2D eigenvalue weighted by atomic mass is 9.55. The first-order valence-corrected chi connectivity index (χ1v) is 25.1. The van der Waals surface area contributed by atoms with Crippen molar-refractivity contribution in [1.29, 1.82) is 0 Å². The molecule has 6 atom stereocenters. The maximum Gasteiger partial charge on any atom is 0.410 e. The Bertz CT molecular complexity index is 2630. The van der Waals surface area contributed by atoms with Crippen LogP contribution >= 0.6 is 11.8 Å². The third kappa shape index (κ3) is 10.8. The third-order valence-corrected chi connectivity index (χ3v) is 14.3. The molecular weight excluding hydrogens is 895 g/mol. The van der Waals surface area contributed by atoms with E-state index in [9.17, 15) is 25.1 Å². The van der Waals surface area contributed by atoms with Crippen LogP contribution in [0.4, 0.5) is 10.5 Å². The lowest BCUT2D eigenvalue weighted by Crippen LogP contribution is -2.70. The molecule has 1 saturated carbocycles. The van der Waals surface area contributed by atoms with Gasteiger partial charge in [0, 0.05) is 48.1 Å². The molecule has 0 aromatic heterocycles. The zero-order valence-corrected chi connectivity index (χ0v) is 40.1. The molecule has 0 radical (unpaired) electrons. The van der Waals surface area contributed by atoms with Gasteiger partial charge in [0.2, 0.25) is 5.79 Å². The number of aliphatic hydroxyl groups excluding tert-OH is 2. The highest BCUT2D eigenvalue weighted by atomic mass is 32.2. The minimum absolute atomic E-state index is 0.00600. The molecule has 0 unspecified atom stereocenters. The molecule has 69 heavy (non-hydrogen) atoms. The van der Waals surface area contributed by atoms with Gasteiger partial charge in [-0.15, -0.1) is 18.3 Å². The first kappa shape index (κ1) is 49.2. The van der Waals surface area contributed by atoms with Gasteiger partial charge in [-0.2, -0.15) is 0 Å². The Morgan fingerprint density at radius 3 is 2.42 bits per heavy atom. The number of unbranched alkanes of at least 4 members (excludes halogenated alkanes) is 2. The number of ether oxygens (including phenoxy) is 4. The number of amides is 1. The summed E-state index contributed by atoms with van der Waals surface area (Å²) in [6, 6.07) is 33.3.